The Hall–Kier alpha value is -1.03. The van der Waals surface area contributed by atoms with Crippen molar-refractivity contribution in [3.8, 4) is 0 Å². The van der Waals surface area contributed by atoms with Gasteiger partial charge in [0.2, 0.25) is 0 Å². The molecule has 0 saturated carbocycles. The highest BCUT2D eigenvalue weighted by molar-refractivity contribution is 9.10. The summed E-state index contributed by atoms with van der Waals surface area (Å²) in [6.45, 7) is 2.79. The van der Waals surface area contributed by atoms with Gasteiger partial charge >= 0.3 is 0 Å². The lowest BCUT2D eigenvalue weighted by Crippen LogP contribution is -2.16. The van der Waals surface area contributed by atoms with Gasteiger partial charge in [-0.05, 0) is 42.3 Å². The summed E-state index contributed by atoms with van der Waals surface area (Å²) < 4.78 is 1.04. The van der Waals surface area contributed by atoms with Crippen LogP contribution in [0.3, 0.4) is 0 Å². The molecule has 1 atom stereocenters. The number of hydrogen-bond acceptors (Lipinski definition) is 2. The van der Waals surface area contributed by atoms with E-state index < -0.39 is 0 Å². The van der Waals surface area contributed by atoms with E-state index in [0.29, 0.717) is 0 Å². The Morgan fingerprint density at radius 2 is 2.00 bits per heavy atom. The Morgan fingerprint density at radius 1 is 1.25 bits per heavy atom. The third-order valence-corrected chi connectivity index (χ3v) is 4.15. The maximum atomic E-state index is 6.02. The molecule has 106 valence electrons. The quantitative estimate of drug-likeness (QED) is 0.858. The van der Waals surface area contributed by atoms with E-state index in [-0.39, 0.29) is 6.04 Å². The zero-order valence-corrected chi connectivity index (χ0v) is 13.9. The van der Waals surface area contributed by atoms with Crippen molar-refractivity contribution < 1.29 is 0 Å². The van der Waals surface area contributed by atoms with E-state index in [1.807, 2.05) is 25.1 Å². The van der Waals surface area contributed by atoms with Crippen LogP contribution in [0.2, 0.25) is 5.02 Å². The second kappa shape index (κ2) is 6.61. The average Bonchev–Trinajstić information content (AvgIpc) is 2.38. The van der Waals surface area contributed by atoms with E-state index in [4.69, 9.17) is 17.3 Å². The summed E-state index contributed by atoms with van der Waals surface area (Å²) in [6.07, 6.45) is 0. The lowest BCUT2D eigenvalue weighted by Gasteiger charge is -2.21. The lowest BCUT2D eigenvalue weighted by atomic mass is 10.1. The van der Waals surface area contributed by atoms with Crippen LogP contribution in [0.5, 0.6) is 0 Å². The van der Waals surface area contributed by atoms with Gasteiger partial charge in [-0.25, -0.2) is 0 Å². The Labute approximate surface area is 133 Å². The normalized spacial score (nSPS) is 12.2. The lowest BCUT2D eigenvalue weighted by molar-refractivity contribution is 0.812. The van der Waals surface area contributed by atoms with E-state index in [1.54, 1.807) is 0 Å². The molecule has 20 heavy (non-hydrogen) atoms. The Balaban J connectivity index is 2.17. The monoisotopic (exact) mass is 352 g/mol. The van der Waals surface area contributed by atoms with Crippen molar-refractivity contribution in [2.24, 2.45) is 5.73 Å². The molecule has 2 aromatic rings. The predicted molar refractivity (Wildman–Crippen MR) is 90.3 cm³/mol. The first kappa shape index (κ1) is 15.4. The average molecular weight is 354 g/mol. The van der Waals surface area contributed by atoms with Crippen LogP contribution in [-0.2, 0) is 6.54 Å². The molecule has 0 unspecified atom stereocenters. The molecule has 0 aliphatic heterocycles. The van der Waals surface area contributed by atoms with E-state index in [1.165, 1.54) is 5.56 Å². The Kier molecular flexibility index (Phi) is 5.08. The summed E-state index contributed by atoms with van der Waals surface area (Å²) in [5, 5.41) is 0.768. The predicted octanol–water partition coefficient (Wildman–Crippen LogP) is 4.76. The molecular formula is C16H18BrClN2. The second-order valence-corrected chi connectivity index (χ2v) is 6.27. The van der Waals surface area contributed by atoms with Crippen LogP contribution >= 0.6 is 27.5 Å². The molecule has 2 aromatic carbocycles. The number of nitrogens with zero attached hydrogens (tertiary/aromatic N) is 1. The molecule has 0 amide bonds. The topological polar surface area (TPSA) is 29.3 Å². The number of halogens is 2. The van der Waals surface area contributed by atoms with Crippen molar-refractivity contribution in [2.75, 3.05) is 11.9 Å². The van der Waals surface area contributed by atoms with Crippen LogP contribution < -0.4 is 10.6 Å². The molecule has 2 nitrogen and oxygen atoms in total. The third kappa shape index (κ3) is 3.75. The van der Waals surface area contributed by atoms with Gasteiger partial charge in [0.25, 0.3) is 0 Å². The fourth-order valence-corrected chi connectivity index (χ4v) is 3.06. The van der Waals surface area contributed by atoms with Crippen LogP contribution in [0.4, 0.5) is 5.69 Å². The van der Waals surface area contributed by atoms with Crippen LogP contribution in [0.25, 0.3) is 0 Å². The van der Waals surface area contributed by atoms with Gasteiger partial charge in [0.1, 0.15) is 0 Å². The van der Waals surface area contributed by atoms with Gasteiger partial charge in [0.05, 0.1) is 0 Å². The molecular weight excluding hydrogens is 336 g/mol. The number of nitrogens with two attached hydrogens (primary N) is 1. The van der Waals surface area contributed by atoms with E-state index in [9.17, 15) is 0 Å². The standard InChI is InChI=1S/C16H18BrClN2/c1-11(19)15-7-6-14(9-16(15)17)20(2)10-12-4-3-5-13(18)8-12/h3-9,11H,10,19H2,1-2H3/t11-/m0/s1. The van der Waals surface area contributed by atoms with Gasteiger partial charge in [-0.2, -0.15) is 0 Å². The van der Waals surface area contributed by atoms with Crippen LogP contribution in [0.15, 0.2) is 46.9 Å². The van der Waals surface area contributed by atoms with Crippen molar-refractivity contribution in [2.45, 2.75) is 19.5 Å². The van der Waals surface area contributed by atoms with Gasteiger partial charge in [-0.1, -0.05) is 45.7 Å². The number of rotatable bonds is 4. The van der Waals surface area contributed by atoms with E-state index in [0.717, 1.165) is 27.3 Å². The minimum atomic E-state index is 0.0247. The number of benzene rings is 2. The van der Waals surface area contributed by atoms with Crippen molar-refractivity contribution >= 4 is 33.2 Å². The third-order valence-electron chi connectivity index (χ3n) is 3.22. The fraction of sp³-hybridized carbons (Fsp3) is 0.250. The zero-order valence-electron chi connectivity index (χ0n) is 11.6. The Bertz CT molecular complexity index is 599. The molecule has 0 aromatic heterocycles. The van der Waals surface area contributed by atoms with Gasteiger partial charge < -0.3 is 10.6 Å². The first-order valence-electron chi connectivity index (χ1n) is 6.48. The summed E-state index contributed by atoms with van der Waals surface area (Å²) in [4.78, 5) is 2.18. The molecule has 0 aliphatic carbocycles. The highest BCUT2D eigenvalue weighted by Gasteiger charge is 2.08. The molecule has 0 bridgehead atoms. The number of hydrogen-bond donors (Lipinski definition) is 1. The molecule has 0 saturated heterocycles. The zero-order chi connectivity index (χ0) is 14.7. The molecule has 0 spiro atoms. The summed E-state index contributed by atoms with van der Waals surface area (Å²) in [7, 11) is 2.06. The summed E-state index contributed by atoms with van der Waals surface area (Å²) in [6, 6.07) is 14.2. The molecule has 0 aliphatic rings. The van der Waals surface area contributed by atoms with E-state index in [2.05, 4.69) is 52.1 Å². The van der Waals surface area contributed by atoms with Crippen LogP contribution in [0, 0.1) is 0 Å². The smallest absolute Gasteiger partial charge is 0.0426 e. The molecule has 4 heteroatoms. The molecule has 0 radical (unpaired) electrons. The van der Waals surface area contributed by atoms with Crippen LogP contribution in [0.1, 0.15) is 24.1 Å². The van der Waals surface area contributed by atoms with Gasteiger partial charge in [-0.3, -0.25) is 0 Å². The van der Waals surface area contributed by atoms with Crippen molar-refractivity contribution in [1.82, 2.24) is 0 Å². The van der Waals surface area contributed by atoms with Gasteiger partial charge in [0, 0.05) is 34.8 Å². The molecule has 0 heterocycles. The molecule has 2 rings (SSSR count). The minimum absolute atomic E-state index is 0.0247. The van der Waals surface area contributed by atoms with Crippen molar-refractivity contribution in [1.29, 1.82) is 0 Å². The first-order chi connectivity index (χ1) is 9.47. The number of anilines is 1. The SMILES string of the molecule is C[C@H](N)c1ccc(N(C)Cc2cccc(Cl)c2)cc1Br. The highest BCUT2D eigenvalue weighted by Crippen LogP contribution is 2.27. The largest absolute Gasteiger partial charge is 0.370 e. The van der Waals surface area contributed by atoms with E-state index >= 15 is 0 Å². The van der Waals surface area contributed by atoms with Gasteiger partial charge in [-0.15, -0.1) is 0 Å². The Morgan fingerprint density at radius 3 is 2.60 bits per heavy atom. The summed E-state index contributed by atoms with van der Waals surface area (Å²) in [5.74, 6) is 0. The van der Waals surface area contributed by atoms with Gasteiger partial charge in [0.15, 0.2) is 0 Å². The summed E-state index contributed by atoms with van der Waals surface area (Å²) >= 11 is 9.60. The molecule has 0 fully saturated rings. The summed E-state index contributed by atoms with van der Waals surface area (Å²) in [5.41, 5.74) is 9.37. The minimum Gasteiger partial charge on any atom is -0.370 e. The van der Waals surface area contributed by atoms with Crippen LogP contribution in [-0.4, -0.2) is 7.05 Å². The maximum Gasteiger partial charge on any atom is 0.0426 e. The van der Waals surface area contributed by atoms with Crippen molar-refractivity contribution in [3.63, 3.8) is 0 Å². The maximum absolute atomic E-state index is 6.02. The van der Waals surface area contributed by atoms with Crippen molar-refractivity contribution in [3.05, 3.63) is 63.1 Å². The molecule has 2 N–H and O–H groups in total. The highest BCUT2D eigenvalue weighted by atomic mass is 79.9. The second-order valence-electron chi connectivity index (χ2n) is 4.98. The fourth-order valence-electron chi connectivity index (χ4n) is 2.12. The first-order valence-corrected chi connectivity index (χ1v) is 7.65.